The first-order valence-corrected chi connectivity index (χ1v) is 14.0. The summed E-state index contributed by atoms with van der Waals surface area (Å²) in [5, 5.41) is 31.4. The number of rotatable bonds is 12. The van der Waals surface area contributed by atoms with Crippen LogP contribution in [0.2, 0.25) is 0 Å². The maximum Gasteiger partial charge on any atom is 0.364 e. The van der Waals surface area contributed by atoms with Gasteiger partial charge in [0, 0.05) is 30.4 Å². The fourth-order valence-electron chi connectivity index (χ4n) is 5.64. The van der Waals surface area contributed by atoms with Crippen molar-refractivity contribution in [3.8, 4) is 0 Å². The van der Waals surface area contributed by atoms with Crippen LogP contribution >= 0.6 is 0 Å². The topological polar surface area (TPSA) is 110 Å². The molecule has 0 bridgehead atoms. The second kappa shape index (κ2) is 13.1. The van der Waals surface area contributed by atoms with Crippen molar-refractivity contribution in [2.75, 3.05) is 11.9 Å². The number of carboxylic acids is 1. The van der Waals surface area contributed by atoms with Crippen LogP contribution in [0.15, 0.2) is 84.9 Å². The number of aliphatic carboxylic acids is 1. The fourth-order valence-corrected chi connectivity index (χ4v) is 5.64. The van der Waals surface area contributed by atoms with E-state index in [0.29, 0.717) is 31.5 Å². The number of unbranched alkanes of at least 4 members (excludes halogenated alkanes) is 2. The molecule has 7 nitrogen and oxygen atoms in total. The third-order valence-corrected chi connectivity index (χ3v) is 7.53. The van der Waals surface area contributed by atoms with Crippen LogP contribution < -0.4 is 5.32 Å². The van der Waals surface area contributed by atoms with Gasteiger partial charge in [0.15, 0.2) is 0 Å². The molecule has 0 radical (unpaired) electrons. The molecule has 41 heavy (non-hydrogen) atoms. The highest BCUT2D eigenvalue weighted by Gasteiger charge is 2.46. The summed E-state index contributed by atoms with van der Waals surface area (Å²) in [6.07, 6.45) is 1.20. The van der Waals surface area contributed by atoms with Crippen molar-refractivity contribution >= 4 is 28.8 Å². The van der Waals surface area contributed by atoms with Gasteiger partial charge >= 0.3 is 5.97 Å². The number of nitrogens with one attached hydrogen (secondary N) is 1. The molecule has 4 N–H and O–H groups in total. The Morgan fingerprint density at radius 3 is 2.07 bits per heavy atom. The number of nitrogens with zero attached hydrogens (tertiary/aromatic N) is 1. The SMILES string of the molecule is CC(C)C1C(C(=O)Nc2ccccc2)C(c2ccccc2)=C(c2ccc(F)cc2)N1CCCCCC(O)(O)C(=O)O. The van der Waals surface area contributed by atoms with E-state index in [1.165, 1.54) is 12.1 Å². The van der Waals surface area contributed by atoms with E-state index in [9.17, 15) is 24.2 Å². The van der Waals surface area contributed by atoms with Gasteiger partial charge in [0.2, 0.25) is 5.91 Å². The van der Waals surface area contributed by atoms with Gasteiger partial charge in [0.1, 0.15) is 5.82 Å². The highest BCUT2D eigenvalue weighted by Crippen LogP contribution is 2.48. The third kappa shape index (κ3) is 7.01. The maximum absolute atomic E-state index is 14.1. The Labute approximate surface area is 240 Å². The Kier molecular flexibility index (Phi) is 9.57. The van der Waals surface area contributed by atoms with Crippen LogP contribution in [0, 0.1) is 17.7 Å². The fraction of sp³-hybridized carbons (Fsp3) is 0.333. The van der Waals surface area contributed by atoms with Crippen molar-refractivity contribution in [2.24, 2.45) is 11.8 Å². The second-order valence-electron chi connectivity index (χ2n) is 10.8. The van der Waals surface area contributed by atoms with Gasteiger partial charge in [-0.3, -0.25) is 4.79 Å². The smallest absolute Gasteiger partial charge is 0.364 e. The Hall–Kier alpha value is -4.01. The number of para-hydroxylation sites is 1. The number of aliphatic hydroxyl groups is 2. The van der Waals surface area contributed by atoms with Crippen LogP contribution in [0.5, 0.6) is 0 Å². The van der Waals surface area contributed by atoms with Gasteiger partial charge in [0.25, 0.3) is 5.79 Å². The number of carbonyl (C=O) groups is 2. The zero-order valence-corrected chi connectivity index (χ0v) is 23.3. The van der Waals surface area contributed by atoms with Crippen LogP contribution in [0.3, 0.4) is 0 Å². The number of hydrogen-bond acceptors (Lipinski definition) is 5. The van der Waals surface area contributed by atoms with Gasteiger partial charge in [-0.2, -0.15) is 0 Å². The number of amides is 1. The minimum absolute atomic E-state index is 0.0627. The minimum Gasteiger partial charge on any atom is -0.477 e. The molecule has 2 unspecified atom stereocenters. The van der Waals surface area contributed by atoms with Crippen molar-refractivity contribution in [1.82, 2.24) is 4.90 Å². The molecule has 0 saturated carbocycles. The van der Waals surface area contributed by atoms with E-state index in [1.807, 2.05) is 60.7 Å². The summed E-state index contributed by atoms with van der Waals surface area (Å²) in [5.41, 5.74) is 4.11. The molecule has 0 aliphatic carbocycles. The number of hydrogen-bond donors (Lipinski definition) is 4. The van der Waals surface area contributed by atoms with Crippen LogP contribution in [-0.4, -0.2) is 50.5 Å². The van der Waals surface area contributed by atoms with Gasteiger partial charge in [-0.15, -0.1) is 0 Å². The lowest BCUT2D eigenvalue weighted by Gasteiger charge is -2.35. The number of halogens is 1. The summed E-state index contributed by atoms with van der Waals surface area (Å²) in [7, 11) is 0. The number of carbonyl (C=O) groups excluding carboxylic acids is 1. The molecule has 0 spiro atoms. The molecule has 0 fully saturated rings. The van der Waals surface area contributed by atoms with Gasteiger partial charge in [-0.1, -0.05) is 68.8 Å². The molecule has 1 heterocycles. The summed E-state index contributed by atoms with van der Waals surface area (Å²) < 4.78 is 14.0. The van der Waals surface area contributed by atoms with E-state index in [4.69, 9.17) is 5.11 Å². The number of benzene rings is 3. The van der Waals surface area contributed by atoms with E-state index in [2.05, 4.69) is 24.1 Å². The molecule has 216 valence electrons. The summed E-state index contributed by atoms with van der Waals surface area (Å²) in [6.45, 7) is 4.70. The standard InChI is InChI=1S/C33H37FN2O5/c1-22(2)29-28(31(37)35-26-14-8-4-9-15-26)27(23-12-6-3-7-13-23)30(24-16-18-25(34)19-17-24)36(29)21-11-5-10-20-33(40,41)32(38)39/h3-4,6-9,12-19,22,28-29,40-41H,5,10-11,20-21H2,1-2H3,(H,35,37)(H,38,39). The largest absolute Gasteiger partial charge is 0.477 e. The van der Waals surface area contributed by atoms with E-state index in [0.717, 1.165) is 22.4 Å². The molecule has 4 rings (SSSR count). The Balaban J connectivity index is 1.75. The lowest BCUT2D eigenvalue weighted by Crippen LogP contribution is -2.43. The molecule has 3 aromatic rings. The summed E-state index contributed by atoms with van der Waals surface area (Å²) in [6, 6.07) is 25.1. The van der Waals surface area contributed by atoms with E-state index >= 15 is 0 Å². The minimum atomic E-state index is -2.76. The van der Waals surface area contributed by atoms with E-state index in [-0.39, 0.29) is 30.1 Å². The van der Waals surface area contributed by atoms with E-state index < -0.39 is 17.7 Å². The van der Waals surface area contributed by atoms with Crippen molar-refractivity contribution in [3.63, 3.8) is 0 Å². The highest BCUT2D eigenvalue weighted by atomic mass is 19.1. The maximum atomic E-state index is 14.1. The van der Waals surface area contributed by atoms with E-state index in [1.54, 1.807) is 12.1 Å². The lowest BCUT2D eigenvalue weighted by molar-refractivity contribution is -0.205. The molecule has 2 atom stereocenters. The van der Waals surface area contributed by atoms with Gasteiger partial charge in [0.05, 0.1) is 5.92 Å². The third-order valence-electron chi connectivity index (χ3n) is 7.53. The molecule has 1 aliphatic heterocycles. The zero-order chi connectivity index (χ0) is 29.6. The Morgan fingerprint density at radius 2 is 1.49 bits per heavy atom. The lowest BCUT2D eigenvalue weighted by atomic mass is 9.83. The highest BCUT2D eigenvalue weighted by molar-refractivity contribution is 6.08. The zero-order valence-electron chi connectivity index (χ0n) is 23.3. The van der Waals surface area contributed by atoms with Crippen LogP contribution in [0.25, 0.3) is 11.3 Å². The molecule has 1 aliphatic rings. The quantitative estimate of drug-likeness (QED) is 0.169. The Bertz CT molecular complexity index is 1360. The first kappa shape index (κ1) is 30.0. The number of anilines is 1. The molecule has 8 heteroatoms. The predicted octanol–water partition coefficient (Wildman–Crippen LogP) is 5.62. The van der Waals surface area contributed by atoms with Crippen LogP contribution in [0.1, 0.15) is 50.7 Å². The molecule has 0 saturated heterocycles. The van der Waals surface area contributed by atoms with Crippen molar-refractivity contribution < 1.29 is 29.3 Å². The normalized spacial score (nSPS) is 17.3. The van der Waals surface area contributed by atoms with Crippen LogP contribution in [0.4, 0.5) is 10.1 Å². The summed E-state index contributed by atoms with van der Waals surface area (Å²) in [5.74, 6) is -5.39. The number of carboxylic acid groups (broad SMARTS) is 1. The van der Waals surface area contributed by atoms with Crippen LogP contribution in [-0.2, 0) is 9.59 Å². The van der Waals surface area contributed by atoms with Crippen molar-refractivity contribution in [1.29, 1.82) is 0 Å². The Morgan fingerprint density at radius 1 is 0.878 bits per heavy atom. The molecular formula is C33H37FN2O5. The van der Waals surface area contributed by atoms with Crippen molar-refractivity contribution in [3.05, 3.63) is 102 Å². The monoisotopic (exact) mass is 560 g/mol. The summed E-state index contributed by atoms with van der Waals surface area (Å²) in [4.78, 5) is 27.4. The first-order valence-electron chi connectivity index (χ1n) is 14.0. The second-order valence-corrected chi connectivity index (χ2v) is 10.8. The van der Waals surface area contributed by atoms with Gasteiger partial charge in [-0.25, -0.2) is 9.18 Å². The molecule has 3 aromatic carbocycles. The van der Waals surface area contributed by atoms with Gasteiger partial charge < -0.3 is 25.5 Å². The van der Waals surface area contributed by atoms with Gasteiger partial charge in [-0.05, 0) is 71.9 Å². The molecule has 0 aromatic heterocycles. The average Bonchev–Trinajstić information content (AvgIpc) is 3.29. The molecule has 1 amide bonds. The average molecular weight is 561 g/mol. The molecular weight excluding hydrogens is 523 g/mol. The first-order chi connectivity index (χ1) is 19.6. The summed E-state index contributed by atoms with van der Waals surface area (Å²) >= 11 is 0. The van der Waals surface area contributed by atoms with Crippen molar-refractivity contribution in [2.45, 2.75) is 51.4 Å². The predicted molar refractivity (Wildman–Crippen MR) is 157 cm³/mol.